The smallest absolute Gasteiger partial charge is 0.293 e. The predicted molar refractivity (Wildman–Crippen MR) is 120 cm³/mol. The lowest BCUT2D eigenvalue weighted by Gasteiger charge is -1.99. The molecule has 152 valence electrons. The van der Waals surface area contributed by atoms with Crippen molar-refractivity contribution in [3.05, 3.63) is 87.2 Å². The Bertz CT molecular complexity index is 1490. The molecule has 4 aromatic rings. The van der Waals surface area contributed by atoms with Gasteiger partial charge in [-0.05, 0) is 29.7 Å². The SMILES string of the molecule is O=C1NC(=O)C(CCc2csc(-c3ccc4ccc5ccccc5c(=O)c4c3)n2)=C1O. The number of amides is 2. The van der Waals surface area contributed by atoms with E-state index in [1.54, 1.807) is 0 Å². The van der Waals surface area contributed by atoms with Crippen LogP contribution in [-0.4, -0.2) is 21.9 Å². The summed E-state index contributed by atoms with van der Waals surface area (Å²) in [6, 6.07) is 17.2. The molecule has 1 aliphatic heterocycles. The van der Waals surface area contributed by atoms with Crippen LogP contribution < -0.4 is 10.7 Å². The first-order valence-corrected chi connectivity index (χ1v) is 10.6. The number of aliphatic hydroxyl groups is 1. The van der Waals surface area contributed by atoms with Crippen LogP contribution in [0.2, 0.25) is 0 Å². The second-order valence-corrected chi connectivity index (χ2v) is 8.16. The number of aryl methyl sites for hydroxylation is 1. The van der Waals surface area contributed by atoms with Gasteiger partial charge in [0.2, 0.25) is 0 Å². The van der Waals surface area contributed by atoms with Crippen LogP contribution in [0.4, 0.5) is 0 Å². The number of thiazole rings is 1. The summed E-state index contributed by atoms with van der Waals surface area (Å²) in [7, 11) is 0. The van der Waals surface area contributed by atoms with E-state index < -0.39 is 17.6 Å². The van der Waals surface area contributed by atoms with E-state index in [4.69, 9.17) is 0 Å². The van der Waals surface area contributed by atoms with Gasteiger partial charge in [-0.15, -0.1) is 11.3 Å². The van der Waals surface area contributed by atoms with Gasteiger partial charge < -0.3 is 5.11 Å². The summed E-state index contributed by atoms with van der Waals surface area (Å²) in [4.78, 5) is 40.8. The molecule has 0 aliphatic carbocycles. The summed E-state index contributed by atoms with van der Waals surface area (Å²) in [5.41, 5.74) is 1.65. The summed E-state index contributed by atoms with van der Waals surface area (Å²) in [5, 5.41) is 17.5. The molecule has 0 unspecified atom stereocenters. The van der Waals surface area contributed by atoms with Crippen molar-refractivity contribution in [2.24, 2.45) is 0 Å². The maximum absolute atomic E-state index is 13.1. The first-order valence-electron chi connectivity index (χ1n) is 9.69. The molecule has 2 heterocycles. The number of aromatic nitrogens is 1. The van der Waals surface area contributed by atoms with Crippen LogP contribution in [0.3, 0.4) is 0 Å². The van der Waals surface area contributed by atoms with Crippen LogP contribution in [0.25, 0.3) is 32.1 Å². The fourth-order valence-corrected chi connectivity index (χ4v) is 4.58. The van der Waals surface area contributed by atoms with Gasteiger partial charge in [0, 0.05) is 21.7 Å². The normalized spacial score (nSPS) is 13.9. The fraction of sp³-hybridized carbons (Fsp3) is 0.0833. The molecule has 1 aliphatic rings. The number of benzene rings is 2. The van der Waals surface area contributed by atoms with Gasteiger partial charge in [0.15, 0.2) is 11.2 Å². The van der Waals surface area contributed by atoms with E-state index in [2.05, 4.69) is 10.3 Å². The number of nitrogens with zero attached hydrogens (tertiary/aromatic N) is 1. The Hall–Kier alpha value is -3.84. The van der Waals surface area contributed by atoms with Crippen LogP contribution >= 0.6 is 11.3 Å². The molecule has 3 aromatic carbocycles. The summed E-state index contributed by atoms with van der Waals surface area (Å²) in [6.07, 6.45) is 0.632. The number of hydrogen-bond donors (Lipinski definition) is 2. The molecule has 0 spiro atoms. The molecule has 2 amide bonds. The molecule has 0 bridgehead atoms. The highest BCUT2D eigenvalue weighted by atomic mass is 32.1. The highest BCUT2D eigenvalue weighted by Gasteiger charge is 2.29. The predicted octanol–water partition coefficient (Wildman–Crippen LogP) is 3.88. The average Bonchev–Trinajstić information content (AvgIpc) is 3.30. The topological polar surface area (TPSA) is 96.4 Å². The lowest BCUT2D eigenvalue weighted by Crippen LogP contribution is -2.23. The minimum atomic E-state index is -0.760. The summed E-state index contributed by atoms with van der Waals surface area (Å²) in [5.74, 6) is -1.84. The molecule has 0 saturated carbocycles. The number of fused-ring (bicyclic) bond motifs is 2. The minimum absolute atomic E-state index is 0.0199. The van der Waals surface area contributed by atoms with Crippen LogP contribution in [0.1, 0.15) is 12.1 Å². The Kier molecular flexibility index (Phi) is 4.60. The Morgan fingerprint density at radius 2 is 1.61 bits per heavy atom. The third-order valence-corrected chi connectivity index (χ3v) is 6.32. The van der Waals surface area contributed by atoms with Crippen molar-refractivity contribution < 1.29 is 14.7 Å². The molecule has 1 aromatic heterocycles. The summed E-state index contributed by atoms with van der Waals surface area (Å²) < 4.78 is 0. The molecule has 2 N–H and O–H groups in total. The van der Waals surface area contributed by atoms with Crippen LogP contribution in [0.15, 0.2) is 76.1 Å². The van der Waals surface area contributed by atoms with Crippen molar-refractivity contribution in [3.63, 3.8) is 0 Å². The molecule has 0 radical (unpaired) electrons. The number of imide groups is 1. The number of carbonyl (C=O) groups is 2. The highest BCUT2D eigenvalue weighted by Crippen LogP contribution is 2.28. The molecule has 0 saturated heterocycles. The molecular formula is C24H16N2O4S. The first-order chi connectivity index (χ1) is 15.0. The number of rotatable bonds is 4. The van der Waals surface area contributed by atoms with Crippen LogP contribution in [-0.2, 0) is 16.0 Å². The van der Waals surface area contributed by atoms with E-state index in [-0.39, 0.29) is 17.4 Å². The van der Waals surface area contributed by atoms with E-state index >= 15 is 0 Å². The zero-order valence-corrected chi connectivity index (χ0v) is 17.0. The van der Waals surface area contributed by atoms with Crippen molar-refractivity contribution in [2.75, 3.05) is 0 Å². The van der Waals surface area contributed by atoms with Gasteiger partial charge in [0.25, 0.3) is 11.8 Å². The first kappa shape index (κ1) is 19.1. The Morgan fingerprint density at radius 3 is 2.39 bits per heavy atom. The van der Waals surface area contributed by atoms with Crippen molar-refractivity contribution in [1.29, 1.82) is 0 Å². The zero-order valence-electron chi connectivity index (χ0n) is 16.2. The van der Waals surface area contributed by atoms with E-state index in [0.717, 1.165) is 27.0 Å². The van der Waals surface area contributed by atoms with Gasteiger partial charge in [-0.3, -0.25) is 19.7 Å². The van der Waals surface area contributed by atoms with E-state index in [1.165, 1.54) is 11.3 Å². The Labute approximate surface area is 180 Å². The van der Waals surface area contributed by atoms with Gasteiger partial charge in [-0.2, -0.15) is 0 Å². The molecular weight excluding hydrogens is 412 g/mol. The van der Waals surface area contributed by atoms with Crippen LogP contribution in [0, 0.1) is 0 Å². The van der Waals surface area contributed by atoms with Gasteiger partial charge in [0.1, 0.15) is 5.01 Å². The largest absolute Gasteiger partial charge is 0.503 e. The Morgan fingerprint density at radius 1 is 0.871 bits per heavy atom. The second kappa shape index (κ2) is 7.45. The van der Waals surface area contributed by atoms with Gasteiger partial charge in [-0.25, -0.2) is 4.98 Å². The number of carbonyl (C=O) groups excluding carboxylic acids is 2. The molecule has 31 heavy (non-hydrogen) atoms. The average molecular weight is 428 g/mol. The molecule has 0 atom stereocenters. The maximum Gasteiger partial charge on any atom is 0.293 e. The third kappa shape index (κ3) is 3.39. The van der Waals surface area contributed by atoms with E-state index in [0.29, 0.717) is 17.2 Å². The number of aliphatic hydroxyl groups excluding tert-OH is 1. The quantitative estimate of drug-likeness (QED) is 0.481. The van der Waals surface area contributed by atoms with Crippen LogP contribution in [0.5, 0.6) is 0 Å². The molecule has 7 heteroatoms. The monoisotopic (exact) mass is 428 g/mol. The Balaban J connectivity index is 1.48. The van der Waals surface area contributed by atoms with Gasteiger partial charge >= 0.3 is 0 Å². The van der Waals surface area contributed by atoms with Crippen molar-refractivity contribution in [2.45, 2.75) is 12.8 Å². The fourth-order valence-electron chi connectivity index (χ4n) is 3.73. The maximum atomic E-state index is 13.1. The second-order valence-electron chi connectivity index (χ2n) is 7.31. The summed E-state index contributed by atoms with van der Waals surface area (Å²) in [6.45, 7) is 0. The summed E-state index contributed by atoms with van der Waals surface area (Å²) >= 11 is 1.44. The third-order valence-electron chi connectivity index (χ3n) is 5.38. The minimum Gasteiger partial charge on any atom is -0.503 e. The molecule has 5 rings (SSSR count). The lowest BCUT2D eigenvalue weighted by atomic mass is 10.1. The van der Waals surface area contributed by atoms with E-state index in [1.807, 2.05) is 60.0 Å². The standard InChI is InChI=1S/C24H16N2O4S/c27-20-17-4-2-1-3-13(17)5-6-14-7-8-15(11-19(14)20)24-25-16(12-31-24)9-10-18-21(28)23(30)26-22(18)29/h1-8,11-12H,9-10H2,(H2,26,28,29,30). The van der Waals surface area contributed by atoms with Crippen molar-refractivity contribution in [3.8, 4) is 10.6 Å². The van der Waals surface area contributed by atoms with Gasteiger partial charge in [-0.1, -0.05) is 48.5 Å². The van der Waals surface area contributed by atoms with Gasteiger partial charge in [0.05, 0.1) is 11.3 Å². The van der Waals surface area contributed by atoms with Crippen molar-refractivity contribution in [1.82, 2.24) is 10.3 Å². The lowest BCUT2D eigenvalue weighted by molar-refractivity contribution is -0.125. The number of nitrogens with one attached hydrogen (secondary N) is 1. The van der Waals surface area contributed by atoms with Crippen molar-refractivity contribution >= 4 is 44.7 Å². The molecule has 6 nitrogen and oxygen atoms in total. The zero-order chi connectivity index (χ0) is 21.5. The number of hydrogen-bond acceptors (Lipinski definition) is 6. The highest BCUT2D eigenvalue weighted by molar-refractivity contribution is 7.13. The van der Waals surface area contributed by atoms with E-state index in [9.17, 15) is 19.5 Å². The molecule has 0 fully saturated rings.